The number of benzene rings is 2. The van der Waals surface area contributed by atoms with Crippen LogP contribution >= 0.6 is 0 Å². The maximum absolute atomic E-state index is 12.5. The average molecular weight is 535 g/mol. The van der Waals surface area contributed by atoms with Crippen LogP contribution in [0.5, 0.6) is 11.5 Å². The third-order valence-corrected chi connectivity index (χ3v) is 8.64. The molecule has 36 heavy (non-hydrogen) atoms. The summed E-state index contributed by atoms with van der Waals surface area (Å²) < 4.78 is 35.7. The van der Waals surface area contributed by atoms with E-state index in [0.29, 0.717) is 47.4 Å². The van der Waals surface area contributed by atoms with Gasteiger partial charge in [0.05, 0.1) is 12.8 Å². The molecule has 2 unspecified atom stereocenters. The van der Waals surface area contributed by atoms with Gasteiger partial charge in [-0.2, -0.15) is 0 Å². The predicted octanol–water partition coefficient (Wildman–Crippen LogP) is 5.31. The number of carbonyl (C=O) groups excluding carboxylic acids is 2. The Balaban J connectivity index is 1.64. The molecule has 0 amide bonds. The quantitative estimate of drug-likeness (QED) is 0.174. The highest BCUT2D eigenvalue weighted by Crippen LogP contribution is 2.28. The van der Waals surface area contributed by atoms with Gasteiger partial charge in [-0.25, -0.2) is 0 Å². The number of para-hydroxylation sites is 2. The van der Waals surface area contributed by atoms with Crippen LogP contribution in [0.4, 0.5) is 0 Å². The first kappa shape index (κ1) is 30.2. The Kier molecular flexibility index (Phi) is 12.3. The van der Waals surface area contributed by atoms with Crippen LogP contribution in [0.3, 0.4) is 0 Å². The fraction of sp³-hybridized carbons (Fsp3) is 0.500. The second-order valence-electron chi connectivity index (χ2n) is 10.5. The molecule has 0 aromatic heterocycles. The molecular weight excluding hydrogens is 496 g/mol. The van der Waals surface area contributed by atoms with E-state index in [4.69, 9.17) is 9.47 Å². The van der Waals surface area contributed by atoms with Crippen LogP contribution in [-0.2, 0) is 31.9 Å². The van der Waals surface area contributed by atoms with Crippen LogP contribution in [-0.4, -0.2) is 44.1 Å². The third kappa shape index (κ3) is 12.8. The van der Waals surface area contributed by atoms with Gasteiger partial charge in [0.1, 0.15) is 34.5 Å². The van der Waals surface area contributed by atoms with E-state index in [1.165, 1.54) is 0 Å². The first-order valence-electron chi connectivity index (χ1n) is 12.2. The molecule has 198 valence electrons. The number of hydrogen-bond acceptors (Lipinski definition) is 6. The minimum absolute atomic E-state index is 0.229. The first-order chi connectivity index (χ1) is 16.9. The van der Waals surface area contributed by atoms with E-state index in [-0.39, 0.29) is 35.6 Å². The minimum Gasteiger partial charge on any atom is -0.616 e. The number of rotatable bonds is 15. The lowest BCUT2D eigenvalue weighted by Gasteiger charge is -2.25. The topological polar surface area (TPSA) is 98.7 Å². The number of ether oxygens (including phenoxy) is 2. The Morgan fingerprint density at radius 2 is 0.972 bits per heavy atom. The molecule has 2 rings (SSSR count). The third-order valence-electron chi connectivity index (χ3n) is 5.75. The molecule has 6 nitrogen and oxygen atoms in total. The van der Waals surface area contributed by atoms with Gasteiger partial charge in [0.2, 0.25) is 0 Å². The van der Waals surface area contributed by atoms with Crippen molar-refractivity contribution in [3.8, 4) is 11.5 Å². The molecule has 0 radical (unpaired) electrons. The highest BCUT2D eigenvalue weighted by Gasteiger charge is 2.28. The zero-order valence-corrected chi connectivity index (χ0v) is 23.3. The fourth-order valence-electron chi connectivity index (χ4n) is 3.44. The van der Waals surface area contributed by atoms with Gasteiger partial charge in [-0.15, -0.1) is 0 Å². The molecular formula is C28H38O6S2. The molecule has 0 aliphatic carbocycles. The molecule has 0 bridgehead atoms. The van der Waals surface area contributed by atoms with Gasteiger partial charge in [-0.05, 0) is 70.3 Å². The summed E-state index contributed by atoms with van der Waals surface area (Å²) in [6, 6.07) is 17.9. The summed E-state index contributed by atoms with van der Waals surface area (Å²) in [6.45, 7) is 7.83. The SMILES string of the molecule is CC(C)(CC[S+]([O-])CC[S+]([O-])CCC(C)(C)CC(=O)Oc1ccccc1)CC(=O)Oc1ccccc1. The molecule has 0 spiro atoms. The zero-order valence-electron chi connectivity index (χ0n) is 21.7. The van der Waals surface area contributed by atoms with Crippen LogP contribution in [0.2, 0.25) is 0 Å². The van der Waals surface area contributed by atoms with Gasteiger partial charge < -0.3 is 18.6 Å². The molecule has 2 atom stereocenters. The number of carbonyl (C=O) groups is 2. The smallest absolute Gasteiger partial charge is 0.311 e. The molecule has 0 saturated heterocycles. The van der Waals surface area contributed by atoms with Crippen molar-refractivity contribution < 1.29 is 28.2 Å². The second-order valence-corrected chi connectivity index (χ2v) is 13.8. The van der Waals surface area contributed by atoms with Crippen LogP contribution in [0.1, 0.15) is 53.4 Å². The Bertz CT molecular complexity index is 856. The summed E-state index contributed by atoms with van der Waals surface area (Å²) in [6.07, 6.45) is 1.67. The minimum atomic E-state index is -1.12. The highest BCUT2D eigenvalue weighted by atomic mass is 32.2. The number of esters is 2. The lowest BCUT2D eigenvalue weighted by molar-refractivity contribution is -0.137. The Morgan fingerprint density at radius 3 is 1.31 bits per heavy atom. The standard InChI is InChI=1S/C28H38O6S2/c1-27(2,21-25(29)33-23-11-7-5-8-12-23)15-17-35(31)19-20-36(32)18-16-28(3,4)22-26(30)34-24-13-9-6-10-14-24/h5-14H,15-22H2,1-4H3. The number of hydrogen-bond donors (Lipinski definition) is 0. The Labute approximate surface area is 221 Å². The van der Waals surface area contributed by atoms with Crippen molar-refractivity contribution in [1.82, 2.24) is 0 Å². The van der Waals surface area contributed by atoms with Crippen molar-refractivity contribution in [2.45, 2.75) is 53.4 Å². The molecule has 0 saturated carbocycles. The normalized spacial score (nSPS) is 13.6. The molecule has 0 aliphatic heterocycles. The fourth-order valence-corrected chi connectivity index (χ4v) is 6.90. The van der Waals surface area contributed by atoms with Gasteiger partial charge in [0.15, 0.2) is 0 Å². The second kappa shape index (κ2) is 14.7. The largest absolute Gasteiger partial charge is 0.616 e. The first-order valence-corrected chi connectivity index (χ1v) is 15.1. The van der Waals surface area contributed by atoms with E-state index >= 15 is 0 Å². The van der Waals surface area contributed by atoms with E-state index in [1.807, 2.05) is 64.1 Å². The van der Waals surface area contributed by atoms with Crippen LogP contribution in [0, 0.1) is 10.8 Å². The molecule has 2 aromatic carbocycles. The summed E-state index contributed by atoms with van der Waals surface area (Å²) in [5.74, 6) is 2.00. The summed E-state index contributed by atoms with van der Waals surface area (Å²) >= 11 is -2.23. The molecule has 0 fully saturated rings. The van der Waals surface area contributed by atoms with Crippen molar-refractivity contribution in [3.63, 3.8) is 0 Å². The van der Waals surface area contributed by atoms with Gasteiger partial charge in [0, 0.05) is 0 Å². The molecule has 8 heteroatoms. The average Bonchev–Trinajstić information content (AvgIpc) is 2.80. The maximum Gasteiger partial charge on any atom is 0.311 e. The zero-order chi connectivity index (χ0) is 26.6. The van der Waals surface area contributed by atoms with Crippen LogP contribution in [0.15, 0.2) is 60.7 Å². The van der Waals surface area contributed by atoms with E-state index in [9.17, 15) is 18.7 Å². The van der Waals surface area contributed by atoms with Gasteiger partial charge in [-0.3, -0.25) is 9.59 Å². The molecule has 0 heterocycles. The highest BCUT2D eigenvalue weighted by molar-refractivity contribution is 7.95. The van der Waals surface area contributed by atoms with Crippen molar-refractivity contribution in [3.05, 3.63) is 60.7 Å². The van der Waals surface area contributed by atoms with Crippen molar-refractivity contribution in [2.75, 3.05) is 23.0 Å². The lowest BCUT2D eigenvalue weighted by Crippen LogP contribution is -2.28. The maximum atomic E-state index is 12.5. The van der Waals surface area contributed by atoms with E-state index in [0.717, 1.165) is 0 Å². The Morgan fingerprint density at radius 1 is 0.639 bits per heavy atom. The molecule has 0 aliphatic rings. The predicted molar refractivity (Wildman–Crippen MR) is 146 cm³/mol. The summed E-state index contributed by atoms with van der Waals surface area (Å²) in [7, 11) is 0. The van der Waals surface area contributed by atoms with E-state index < -0.39 is 22.4 Å². The van der Waals surface area contributed by atoms with Gasteiger partial charge >= 0.3 is 11.9 Å². The van der Waals surface area contributed by atoms with Crippen molar-refractivity contribution >= 4 is 34.3 Å². The molecule has 0 N–H and O–H groups in total. The van der Waals surface area contributed by atoms with E-state index in [1.54, 1.807) is 24.3 Å². The lowest BCUT2D eigenvalue weighted by atomic mass is 9.86. The Hall–Kier alpha value is -2.00. The monoisotopic (exact) mass is 534 g/mol. The summed E-state index contributed by atoms with van der Waals surface area (Å²) in [5, 5.41) is 0. The van der Waals surface area contributed by atoms with Crippen LogP contribution < -0.4 is 9.47 Å². The van der Waals surface area contributed by atoms with Crippen molar-refractivity contribution in [2.24, 2.45) is 10.8 Å². The summed E-state index contributed by atoms with van der Waals surface area (Å²) in [5.41, 5.74) is -0.696. The van der Waals surface area contributed by atoms with Gasteiger partial charge in [-0.1, -0.05) is 64.1 Å². The van der Waals surface area contributed by atoms with Crippen LogP contribution in [0.25, 0.3) is 0 Å². The van der Waals surface area contributed by atoms with E-state index in [2.05, 4.69) is 0 Å². The summed E-state index contributed by atoms with van der Waals surface area (Å²) in [4.78, 5) is 24.5. The molecule has 2 aromatic rings. The van der Waals surface area contributed by atoms with Gasteiger partial charge in [0.25, 0.3) is 0 Å². The van der Waals surface area contributed by atoms with Crippen molar-refractivity contribution in [1.29, 1.82) is 0 Å².